The van der Waals surface area contributed by atoms with E-state index >= 15 is 0 Å². The minimum Gasteiger partial charge on any atom is -0.508 e. The number of nitrogens with zero attached hydrogens (tertiary/aromatic N) is 1. The van der Waals surface area contributed by atoms with Crippen LogP contribution in [0.3, 0.4) is 0 Å². The smallest absolute Gasteiger partial charge is 0.340 e. The Balaban J connectivity index is 0.996. The van der Waals surface area contributed by atoms with Crippen LogP contribution in [0, 0.1) is 61.7 Å². The molecule has 0 amide bonds. The van der Waals surface area contributed by atoms with Crippen molar-refractivity contribution >= 4 is 53.5 Å². The van der Waals surface area contributed by atoms with E-state index in [0.717, 1.165) is 88.6 Å². The summed E-state index contributed by atoms with van der Waals surface area (Å²) < 4.78 is 16.4. The number of carbonyl (C=O) groups is 3. The number of hydrogen-bond acceptors (Lipinski definition) is 9. The van der Waals surface area contributed by atoms with E-state index in [9.17, 15) is 24.6 Å². The second-order valence-corrected chi connectivity index (χ2v) is 20.7. The maximum atomic E-state index is 13.8. The Bertz CT molecular complexity index is 3150. The highest BCUT2D eigenvalue weighted by Gasteiger charge is 2.61. The monoisotopic (exact) mass is 949 g/mol. The van der Waals surface area contributed by atoms with E-state index in [2.05, 4.69) is 80.1 Å². The van der Waals surface area contributed by atoms with Gasteiger partial charge in [0.25, 0.3) is 0 Å². The van der Waals surface area contributed by atoms with E-state index in [0.29, 0.717) is 70.2 Å². The molecule has 3 aromatic heterocycles. The van der Waals surface area contributed by atoms with E-state index in [1.165, 1.54) is 25.3 Å². The van der Waals surface area contributed by atoms with Crippen molar-refractivity contribution < 1.29 is 38.8 Å². The Labute approximate surface area is 410 Å². The first-order valence-corrected chi connectivity index (χ1v) is 25.1. The van der Waals surface area contributed by atoms with Crippen molar-refractivity contribution in [2.45, 2.75) is 130 Å². The number of phenols is 1. The Morgan fingerprint density at radius 3 is 2.44 bits per heavy atom. The van der Waals surface area contributed by atoms with E-state index < -0.39 is 29.6 Å². The number of aromatic hydroxyl groups is 1. The number of hydrogen-bond donors (Lipinski definition) is 5. The van der Waals surface area contributed by atoms with Gasteiger partial charge in [-0.15, -0.1) is 0 Å². The second kappa shape index (κ2) is 19.1. The molecule has 1 aromatic carbocycles. The van der Waals surface area contributed by atoms with Gasteiger partial charge in [0.15, 0.2) is 6.61 Å². The standard InChI is InChI=1S/C58H68N4O8/c1-10-37-31(3)45-28-47-33(5)39(18-19-51(64)70-25-13-12-22-58(67)24-21-44-42-16-14-35-26-36(63)15-17-40(35)41(42)20-23-57(44,58)7)54(61-47)43(27-52(65)68-8)55-53(56(66)69-9)34(6)48(62-55)30-50-38(11-2)32(4)46(60-50)29-49(37)59-45/h10,15,17,26,28-30,33,39,41-42,44,54,59-60,62-63,67H,1,11,14,16,18-25,27H2,2-9H3/t33-,39-,41?,42?,44?,54?,57-,58-/m0/s1. The number of nitrogens with one attached hydrogen (secondary N) is 3. The number of ether oxygens (including phenoxy) is 3. The molecular formula is C58H68N4O8. The summed E-state index contributed by atoms with van der Waals surface area (Å²) in [4.78, 5) is 57.0. The molecule has 2 aliphatic heterocycles. The van der Waals surface area contributed by atoms with Crippen LogP contribution < -0.4 is 21.4 Å². The number of aromatic nitrogens is 3. The van der Waals surface area contributed by atoms with Crippen molar-refractivity contribution in [2.75, 3.05) is 20.8 Å². The number of esters is 3. The molecule has 368 valence electrons. The molecule has 0 saturated heterocycles. The predicted molar refractivity (Wildman–Crippen MR) is 272 cm³/mol. The lowest BCUT2D eigenvalue weighted by Gasteiger charge is -2.53. The molecule has 12 heteroatoms. The van der Waals surface area contributed by atoms with Gasteiger partial charge in [0.05, 0.1) is 43.2 Å². The molecule has 4 unspecified atom stereocenters. The molecule has 4 aromatic rings. The molecule has 2 saturated carbocycles. The zero-order valence-corrected chi connectivity index (χ0v) is 42.0. The quantitative estimate of drug-likeness (QED) is 0.0676. The SMILES string of the molecule is C=Cc1c(C)c2[nH]c1=Cc1[nH]c(c(CC)c1C)C=c1[nH]c(c(C(=O)OC)c1C)=C(CC(=O)OC)C1N=C(C=2)[C@@H](C)[C@@H]1CCC(=O)OCC#CC[C@]1(O)CCC2C3CCc4cc(O)ccc4C3CC[C@@]21C. The molecule has 70 heavy (non-hydrogen) atoms. The zero-order valence-electron chi connectivity index (χ0n) is 42.0. The van der Waals surface area contributed by atoms with Crippen LogP contribution in [0.2, 0.25) is 0 Å². The van der Waals surface area contributed by atoms with E-state index in [1.807, 2.05) is 37.3 Å². The van der Waals surface area contributed by atoms with Gasteiger partial charge in [0.1, 0.15) is 5.75 Å². The number of carbonyl (C=O) groups excluding carboxylic acids is 3. The summed E-state index contributed by atoms with van der Waals surface area (Å²) in [6.07, 6.45) is 15.0. The van der Waals surface area contributed by atoms with Gasteiger partial charge >= 0.3 is 17.9 Å². The molecular weight excluding hydrogens is 881 g/mol. The average Bonchev–Trinajstić information content (AvgIpc) is 4.09. The first-order chi connectivity index (χ1) is 33.5. The molecule has 5 N–H and O–H groups in total. The maximum absolute atomic E-state index is 13.8. The topological polar surface area (TPSA) is 179 Å². The molecule has 3 aliphatic carbocycles. The van der Waals surface area contributed by atoms with Gasteiger partial charge in [0.2, 0.25) is 0 Å². The van der Waals surface area contributed by atoms with Gasteiger partial charge < -0.3 is 39.4 Å². The number of aliphatic imine (C=N–C) groups is 1. The normalized spacial score (nSPS) is 26.2. The molecule has 8 bridgehead atoms. The Morgan fingerprint density at radius 2 is 1.70 bits per heavy atom. The Kier molecular flexibility index (Phi) is 13.3. The summed E-state index contributed by atoms with van der Waals surface area (Å²) in [5.74, 6) is 6.00. The molecule has 0 spiro atoms. The van der Waals surface area contributed by atoms with Crippen molar-refractivity contribution in [2.24, 2.45) is 34.1 Å². The molecule has 5 heterocycles. The lowest BCUT2D eigenvalue weighted by molar-refractivity contribution is -0.142. The Hall–Kier alpha value is -6.32. The van der Waals surface area contributed by atoms with Crippen LogP contribution in [-0.4, -0.2) is 81.3 Å². The van der Waals surface area contributed by atoms with Gasteiger partial charge in [-0.2, -0.15) is 0 Å². The number of phenolic OH excluding ortho intramolecular Hbond substituents is 1. The van der Waals surface area contributed by atoms with Gasteiger partial charge in [0, 0.05) is 62.9 Å². The highest BCUT2D eigenvalue weighted by molar-refractivity contribution is 6.13. The van der Waals surface area contributed by atoms with Crippen molar-refractivity contribution in [1.82, 2.24) is 15.0 Å². The van der Waals surface area contributed by atoms with E-state index in [-0.39, 0.29) is 36.7 Å². The third kappa shape index (κ3) is 8.37. The number of methoxy groups -OCH3 is 2. The zero-order chi connectivity index (χ0) is 49.8. The fourth-order valence-electron chi connectivity index (χ4n) is 13.4. The minimum absolute atomic E-state index is 0.0679. The minimum atomic E-state index is -0.926. The van der Waals surface area contributed by atoms with Crippen LogP contribution in [0.1, 0.15) is 145 Å². The summed E-state index contributed by atoms with van der Waals surface area (Å²) in [5, 5.41) is 25.2. The molecule has 2 fully saturated rings. The molecule has 9 rings (SSSR count). The van der Waals surface area contributed by atoms with Crippen molar-refractivity contribution in [3.63, 3.8) is 0 Å². The van der Waals surface area contributed by atoms with Crippen molar-refractivity contribution in [3.05, 3.63) is 102 Å². The first kappa shape index (κ1) is 48.7. The maximum Gasteiger partial charge on any atom is 0.340 e. The lowest BCUT2D eigenvalue weighted by atomic mass is 9.53. The second-order valence-electron chi connectivity index (χ2n) is 20.7. The highest BCUT2D eigenvalue weighted by atomic mass is 16.5. The van der Waals surface area contributed by atoms with Gasteiger partial charge in [-0.3, -0.25) is 14.6 Å². The third-order valence-electron chi connectivity index (χ3n) is 17.5. The van der Waals surface area contributed by atoms with Gasteiger partial charge in [-0.05, 0) is 165 Å². The first-order valence-electron chi connectivity index (χ1n) is 25.1. The van der Waals surface area contributed by atoms with Crippen LogP contribution in [0.4, 0.5) is 0 Å². The van der Waals surface area contributed by atoms with Crippen LogP contribution >= 0.6 is 0 Å². The van der Waals surface area contributed by atoms with E-state index in [4.69, 9.17) is 19.2 Å². The predicted octanol–water partition coefficient (Wildman–Crippen LogP) is 6.54. The number of H-pyrrole nitrogens is 3. The van der Waals surface area contributed by atoms with Crippen LogP contribution in [0.5, 0.6) is 5.75 Å². The van der Waals surface area contributed by atoms with Gasteiger partial charge in [-0.25, -0.2) is 4.79 Å². The molecule has 5 aliphatic rings. The average molecular weight is 949 g/mol. The number of benzene rings is 1. The summed E-state index contributed by atoms with van der Waals surface area (Å²) >= 11 is 0. The molecule has 0 radical (unpaired) electrons. The highest BCUT2D eigenvalue weighted by Crippen LogP contribution is 2.65. The Morgan fingerprint density at radius 1 is 0.929 bits per heavy atom. The van der Waals surface area contributed by atoms with Crippen LogP contribution in [-0.2, 0) is 36.6 Å². The third-order valence-corrected chi connectivity index (χ3v) is 17.5. The number of aryl methyl sites for hydroxylation is 1. The molecule has 8 atom stereocenters. The largest absolute Gasteiger partial charge is 0.508 e. The number of aliphatic hydroxyl groups is 1. The summed E-state index contributed by atoms with van der Waals surface area (Å²) in [7, 11) is 2.68. The number of rotatable bonds is 10. The van der Waals surface area contributed by atoms with Crippen molar-refractivity contribution in [1.29, 1.82) is 0 Å². The fourth-order valence-corrected chi connectivity index (χ4v) is 13.4. The summed E-state index contributed by atoms with van der Waals surface area (Å²) in [6, 6.07) is 5.21. The van der Waals surface area contributed by atoms with Crippen LogP contribution in [0.15, 0.2) is 29.8 Å². The van der Waals surface area contributed by atoms with Crippen molar-refractivity contribution in [3.8, 4) is 17.6 Å². The number of aromatic amines is 3. The van der Waals surface area contributed by atoms with Gasteiger partial charge in [-0.1, -0.05) is 51.3 Å². The number of fused-ring (bicyclic) bond motifs is 12. The molecule has 12 nitrogen and oxygen atoms in total. The lowest BCUT2D eigenvalue weighted by Crippen LogP contribution is -2.50. The van der Waals surface area contributed by atoms with E-state index in [1.54, 1.807) is 0 Å². The van der Waals surface area contributed by atoms with Crippen LogP contribution in [0.25, 0.3) is 29.9 Å². The fraction of sp³-hybridized carbons (Fsp3) is 0.483. The summed E-state index contributed by atoms with van der Waals surface area (Å²) in [6.45, 7) is 16.5. The summed E-state index contributed by atoms with van der Waals surface area (Å²) in [5.41, 5.74) is 9.79.